The number of carboxylic acid groups (broad SMARTS) is 1. The Morgan fingerprint density at radius 3 is 2.18 bits per heavy atom. The van der Waals surface area contributed by atoms with Gasteiger partial charge in [-0.3, -0.25) is 9.59 Å². The van der Waals surface area contributed by atoms with Crippen LogP contribution in [0.4, 0.5) is 0 Å². The summed E-state index contributed by atoms with van der Waals surface area (Å²) in [5.74, 6) is -0.941. The molecule has 0 radical (unpaired) electrons. The van der Waals surface area contributed by atoms with Crippen molar-refractivity contribution in [1.29, 1.82) is 0 Å². The monoisotopic (exact) mass is 245 g/mol. The predicted molar refractivity (Wildman–Crippen MR) is 64.8 cm³/mol. The number of nitrogens with zero attached hydrogens (tertiary/aromatic N) is 1. The highest BCUT2D eigenvalue weighted by molar-refractivity contribution is 5.77. The van der Waals surface area contributed by atoms with Gasteiger partial charge in [0.2, 0.25) is 5.91 Å². The largest absolute Gasteiger partial charge is 0.481 e. The lowest BCUT2D eigenvalue weighted by molar-refractivity contribution is -0.139. The van der Waals surface area contributed by atoms with E-state index in [2.05, 4.69) is 0 Å². The Kier molecular flexibility index (Phi) is 7.54. The van der Waals surface area contributed by atoms with Crippen molar-refractivity contribution in [1.82, 2.24) is 4.90 Å². The molecule has 5 heteroatoms. The summed E-state index contributed by atoms with van der Waals surface area (Å²) >= 11 is 0. The zero-order valence-electron chi connectivity index (χ0n) is 11.1. The first kappa shape index (κ1) is 15.9. The van der Waals surface area contributed by atoms with E-state index < -0.39 is 5.97 Å². The van der Waals surface area contributed by atoms with Crippen molar-refractivity contribution in [2.45, 2.75) is 52.7 Å². The molecule has 0 heterocycles. The van der Waals surface area contributed by atoms with Crippen molar-refractivity contribution in [3.8, 4) is 0 Å². The normalized spacial score (nSPS) is 10.9. The zero-order chi connectivity index (χ0) is 13.4. The molecule has 17 heavy (non-hydrogen) atoms. The van der Waals surface area contributed by atoms with Gasteiger partial charge in [-0.15, -0.1) is 0 Å². The molecule has 0 aromatic carbocycles. The standard InChI is InChI=1S/C12H23NO4/c1-9(2)13(7-5-12(15)16)11(14)6-8-17-10(3)4/h9-10H,5-8H2,1-4H3,(H,15,16). The maximum absolute atomic E-state index is 11.8. The second-order valence-corrected chi connectivity index (χ2v) is 4.49. The van der Waals surface area contributed by atoms with E-state index >= 15 is 0 Å². The molecule has 0 aromatic rings. The van der Waals surface area contributed by atoms with Crippen LogP contribution in [0.3, 0.4) is 0 Å². The van der Waals surface area contributed by atoms with Gasteiger partial charge in [-0.1, -0.05) is 0 Å². The molecule has 0 atom stereocenters. The summed E-state index contributed by atoms with van der Waals surface area (Å²) in [5, 5.41) is 8.61. The molecule has 1 N–H and O–H groups in total. The molecule has 0 spiro atoms. The Morgan fingerprint density at radius 2 is 1.76 bits per heavy atom. The number of ether oxygens (including phenoxy) is 1. The number of carbonyl (C=O) groups excluding carboxylic acids is 1. The fraction of sp³-hybridized carbons (Fsp3) is 0.833. The fourth-order valence-electron chi connectivity index (χ4n) is 1.41. The highest BCUT2D eigenvalue weighted by Crippen LogP contribution is 2.04. The van der Waals surface area contributed by atoms with Gasteiger partial charge in [-0.05, 0) is 27.7 Å². The lowest BCUT2D eigenvalue weighted by atomic mass is 10.2. The summed E-state index contributed by atoms with van der Waals surface area (Å²) in [5.41, 5.74) is 0. The molecule has 0 aliphatic rings. The molecular weight excluding hydrogens is 222 g/mol. The lowest BCUT2D eigenvalue weighted by Gasteiger charge is -2.26. The average molecular weight is 245 g/mol. The molecule has 0 aliphatic heterocycles. The Morgan fingerprint density at radius 1 is 1.18 bits per heavy atom. The Hall–Kier alpha value is -1.10. The summed E-state index contributed by atoms with van der Waals surface area (Å²) in [7, 11) is 0. The maximum Gasteiger partial charge on any atom is 0.305 e. The molecule has 0 rings (SSSR count). The minimum atomic E-state index is -0.887. The molecule has 0 bridgehead atoms. The number of hydrogen-bond donors (Lipinski definition) is 1. The van der Waals surface area contributed by atoms with E-state index in [0.717, 1.165) is 0 Å². The third-order valence-corrected chi connectivity index (χ3v) is 2.28. The van der Waals surface area contributed by atoms with Crippen LogP contribution < -0.4 is 0 Å². The highest BCUT2D eigenvalue weighted by atomic mass is 16.5. The summed E-state index contributed by atoms with van der Waals surface area (Å²) in [6.45, 7) is 8.22. The fourth-order valence-corrected chi connectivity index (χ4v) is 1.41. The summed E-state index contributed by atoms with van der Waals surface area (Å²) in [4.78, 5) is 23.9. The summed E-state index contributed by atoms with van der Waals surface area (Å²) < 4.78 is 5.30. The van der Waals surface area contributed by atoms with Crippen molar-refractivity contribution in [2.24, 2.45) is 0 Å². The molecule has 0 saturated carbocycles. The van der Waals surface area contributed by atoms with Crippen LogP contribution in [0.5, 0.6) is 0 Å². The van der Waals surface area contributed by atoms with Crippen molar-refractivity contribution < 1.29 is 19.4 Å². The van der Waals surface area contributed by atoms with Gasteiger partial charge in [-0.25, -0.2) is 0 Å². The van der Waals surface area contributed by atoms with Crippen LogP contribution in [-0.2, 0) is 14.3 Å². The number of rotatable bonds is 8. The number of aliphatic carboxylic acids is 1. The van der Waals surface area contributed by atoms with E-state index in [1.807, 2.05) is 27.7 Å². The Bertz CT molecular complexity index is 251. The van der Waals surface area contributed by atoms with Gasteiger partial charge in [0.15, 0.2) is 0 Å². The molecule has 0 saturated heterocycles. The van der Waals surface area contributed by atoms with E-state index in [1.54, 1.807) is 4.90 Å². The van der Waals surface area contributed by atoms with Crippen LogP contribution in [0.2, 0.25) is 0 Å². The number of hydrogen-bond acceptors (Lipinski definition) is 3. The topological polar surface area (TPSA) is 66.8 Å². The number of carbonyl (C=O) groups is 2. The maximum atomic E-state index is 11.8. The molecule has 5 nitrogen and oxygen atoms in total. The minimum absolute atomic E-state index is 0.0147. The zero-order valence-corrected chi connectivity index (χ0v) is 11.1. The average Bonchev–Trinajstić information content (AvgIpc) is 2.16. The molecule has 0 fully saturated rings. The van der Waals surface area contributed by atoms with E-state index in [-0.39, 0.29) is 31.0 Å². The first-order valence-corrected chi connectivity index (χ1v) is 5.97. The smallest absolute Gasteiger partial charge is 0.305 e. The van der Waals surface area contributed by atoms with Crippen molar-refractivity contribution in [2.75, 3.05) is 13.2 Å². The van der Waals surface area contributed by atoms with Crippen LogP contribution in [0.15, 0.2) is 0 Å². The number of carboxylic acids is 1. The third kappa shape index (κ3) is 7.74. The minimum Gasteiger partial charge on any atom is -0.481 e. The first-order chi connectivity index (χ1) is 7.84. The molecule has 0 aliphatic carbocycles. The van der Waals surface area contributed by atoms with Crippen LogP contribution >= 0.6 is 0 Å². The molecule has 100 valence electrons. The highest BCUT2D eigenvalue weighted by Gasteiger charge is 2.17. The van der Waals surface area contributed by atoms with Crippen molar-refractivity contribution in [3.05, 3.63) is 0 Å². The van der Waals surface area contributed by atoms with Crippen LogP contribution in [0.1, 0.15) is 40.5 Å². The number of amides is 1. The van der Waals surface area contributed by atoms with E-state index in [4.69, 9.17) is 9.84 Å². The predicted octanol–water partition coefficient (Wildman–Crippen LogP) is 1.51. The van der Waals surface area contributed by atoms with Gasteiger partial charge in [0.1, 0.15) is 0 Å². The van der Waals surface area contributed by atoms with Gasteiger partial charge in [-0.2, -0.15) is 0 Å². The second kappa shape index (κ2) is 8.06. The van der Waals surface area contributed by atoms with E-state index in [9.17, 15) is 9.59 Å². The van der Waals surface area contributed by atoms with Crippen molar-refractivity contribution in [3.63, 3.8) is 0 Å². The van der Waals surface area contributed by atoms with Gasteiger partial charge >= 0.3 is 5.97 Å². The van der Waals surface area contributed by atoms with Crippen LogP contribution in [-0.4, -0.2) is 47.2 Å². The first-order valence-electron chi connectivity index (χ1n) is 5.97. The lowest BCUT2D eigenvalue weighted by Crippen LogP contribution is -2.39. The quantitative estimate of drug-likeness (QED) is 0.704. The van der Waals surface area contributed by atoms with Crippen LogP contribution in [0, 0.1) is 0 Å². The second-order valence-electron chi connectivity index (χ2n) is 4.49. The van der Waals surface area contributed by atoms with Crippen LogP contribution in [0.25, 0.3) is 0 Å². The molecule has 0 aromatic heterocycles. The Labute approximate surface area is 103 Å². The third-order valence-electron chi connectivity index (χ3n) is 2.28. The molecular formula is C12H23NO4. The van der Waals surface area contributed by atoms with Gasteiger partial charge < -0.3 is 14.7 Å². The van der Waals surface area contributed by atoms with E-state index in [0.29, 0.717) is 13.0 Å². The summed E-state index contributed by atoms with van der Waals surface area (Å²) in [6.07, 6.45) is 0.389. The molecule has 0 unspecified atom stereocenters. The Balaban J connectivity index is 4.11. The van der Waals surface area contributed by atoms with Gasteiger partial charge in [0, 0.05) is 12.6 Å². The van der Waals surface area contributed by atoms with Gasteiger partial charge in [0.05, 0.1) is 25.6 Å². The van der Waals surface area contributed by atoms with E-state index in [1.165, 1.54) is 0 Å². The molecule has 1 amide bonds. The summed E-state index contributed by atoms with van der Waals surface area (Å²) in [6, 6.07) is 0.0147. The van der Waals surface area contributed by atoms with Crippen molar-refractivity contribution >= 4 is 11.9 Å². The van der Waals surface area contributed by atoms with Gasteiger partial charge in [0.25, 0.3) is 0 Å². The SMILES string of the molecule is CC(C)OCCC(=O)N(CCC(=O)O)C(C)C.